The van der Waals surface area contributed by atoms with Crippen LogP contribution in [0.2, 0.25) is 0 Å². The van der Waals surface area contributed by atoms with E-state index < -0.39 is 6.10 Å². The lowest BCUT2D eigenvalue weighted by Crippen LogP contribution is -2.42. The molecule has 0 saturated heterocycles. The smallest absolute Gasteiger partial charge is 0.251 e. The molecule has 1 heterocycles. The van der Waals surface area contributed by atoms with Crippen LogP contribution in [0.5, 0.6) is 0 Å². The number of hydrogen-bond acceptors (Lipinski definition) is 3. The molecule has 1 amide bonds. The molecule has 0 radical (unpaired) electrons. The highest BCUT2D eigenvalue weighted by Gasteiger charge is 2.23. The number of aromatic nitrogens is 2. The normalized spacial score (nSPS) is 23.4. The van der Waals surface area contributed by atoms with Crippen LogP contribution in [0.25, 0.3) is 10.9 Å². The Bertz CT molecular complexity index is 608. The monoisotopic (exact) mass is 273 g/mol. The second-order valence-corrected chi connectivity index (χ2v) is 5.46. The van der Waals surface area contributed by atoms with Crippen molar-refractivity contribution >= 4 is 16.8 Å². The van der Waals surface area contributed by atoms with E-state index in [1.54, 1.807) is 18.3 Å². The Labute approximate surface area is 117 Å². The highest BCUT2D eigenvalue weighted by molar-refractivity contribution is 5.97. The van der Waals surface area contributed by atoms with Crippen LogP contribution in [0.3, 0.4) is 0 Å². The predicted octanol–water partition coefficient (Wildman–Crippen LogP) is 1.99. The summed E-state index contributed by atoms with van der Waals surface area (Å²) in [5.74, 6) is -0.132. The van der Waals surface area contributed by atoms with Crippen LogP contribution >= 0.6 is 0 Å². The fraction of sp³-hybridized carbons (Fsp3) is 0.467. The fourth-order valence-electron chi connectivity index (χ4n) is 2.79. The third-order valence-electron chi connectivity index (χ3n) is 4.00. The Hall–Kier alpha value is -1.88. The molecule has 5 heteroatoms. The van der Waals surface area contributed by atoms with Crippen LogP contribution in [0.15, 0.2) is 24.4 Å². The van der Waals surface area contributed by atoms with E-state index in [9.17, 15) is 9.90 Å². The van der Waals surface area contributed by atoms with Crippen molar-refractivity contribution in [1.82, 2.24) is 15.5 Å². The minimum Gasteiger partial charge on any atom is -0.391 e. The molecule has 1 aromatic carbocycles. The summed E-state index contributed by atoms with van der Waals surface area (Å²) in [6.07, 6.45) is 6.13. The maximum Gasteiger partial charge on any atom is 0.251 e. The van der Waals surface area contributed by atoms with E-state index in [0.29, 0.717) is 5.56 Å². The van der Waals surface area contributed by atoms with Gasteiger partial charge in [-0.15, -0.1) is 0 Å². The molecule has 2 aromatic rings. The molecule has 1 saturated carbocycles. The highest BCUT2D eigenvalue weighted by atomic mass is 16.3. The molecule has 0 aliphatic heterocycles. The van der Waals surface area contributed by atoms with Gasteiger partial charge in [0.15, 0.2) is 0 Å². The minimum atomic E-state index is -0.433. The van der Waals surface area contributed by atoms with Crippen LogP contribution in [0, 0.1) is 0 Å². The van der Waals surface area contributed by atoms with Gasteiger partial charge in [-0.05, 0) is 25.0 Å². The third kappa shape index (κ3) is 2.67. The number of carbonyl (C=O) groups excluding carboxylic acids is 1. The van der Waals surface area contributed by atoms with Crippen molar-refractivity contribution < 1.29 is 9.90 Å². The SMILES string of the molecule is O=C(NC1CCCCCC1O)c1ccc2cn[nH]c2c1. The number of benzene rings is 1. The Morgan fingerprint density at radius 2 is 2.15 bits per heavy atom. The second kappa shape index (κ2) is 5.63. The van der Waals surface area contributed by atoms with Gasteiger partial charge in [-0.1, -0.05) is 25.3 Å². The molecular formula is C15H19N3O2. The van der Waals surface area contributed by atoms with E-state index in [1.807, 2.05) is 6.07 Å². The summed E-state index contributed by atoms with van der Waals surface area (Å²) in [5, 5.41) is 20.8. The van der Waals surface area contributed by atoms with Gasteiger partial charge in [-0.2, -0.15) is 5.10 Å². The van der Waals surface area contributed by atoms with E-state index in [0.717, 1.165) is 43.0 Å². The van der Waals surface area contributed by atoms with Gasteiger partial charge in [-0.25, -0.2) is 0 Å². The molecule has 106 valence electrons. The zero-order valence-corrected chi connectivity index (χ0v) is 11.3. The zero-order chi connectivity index (χ0) is 13.9. The van der Waals surface area contributed by atoms with Gasteiger partial charge >= 0.3 is 0 Å². The average Bonchev–Trinajstić information content (AvgIpc) is 2.83. The number of aliphatic hydroxyl groups is 1. The van der Waals surface area contributed by atoms with E-state index in [1.165, 1.54) is 0 Å². The first-order valence-corrected chi connectivity index (χ1v) is 7.16. The molecular weight excluding hydrogens is 254 g/mol. The first-order valence-electron chi connectivity index (χ1n) is 7.16. The zero-order valence-electron chi connectivity index (χ0n) is 11.3. The molecule has 3 N–H and O–H groups in total. The van der Waals surface area contributed by atoms with Crippen molar-refractivity contribution in [2.45, 2.75) is 44.2 Å². The summed E-state index contributed by atoms with van der Waals surface area (Å²) in [4.78, 5) is 12.3. The quantitative estimate of drug-likeness (QED) is 0.732. The van der Waals surface area contributed by atoms with Crippen LogP contribution in [-0.4, -0.2) is 33.4 Å². The summed E-state index contributed by atoms with van der Waals surface area (Å²) in [6.45, 7) is 0. The number of aliphatic hydroxyl groups excluding tert-OH is 1. The summed E-state index contributed by atoms with van der Waals surface area (Å²) in [5.41, 5.74) is 1.44. The molecule has 3 rings (SSSR count). The van der Waals surface area contributed by atoms with Gasteiger partial charge < -0.3 is 10.4 Å². The van der Waals surface area contributed by atoms with Gasteiger partial charge in [0.05, 0.1) is 23.9 Å². The topological polar surface area (TPSA) is 78.0 Å². The molecule has 2 unspecified atom stereocenters. The average molecular weight is 273 g/mol. The highest BCUT2D eigenvalue weighted by Crippen LogP contribution is 2.19. The Kier molecular flexibility index (Phi) is 3.69. The summed E-state index contributed by atoms with van der Waals surface area (Å²) in [7, 11) is 0. The molecule has 1 aromatic heterocycles. The standard InChI is InChI=1S/C15H19N3O2/c19-14-5-3-1-2-4-12(14)17-15(20)10-6-7-11-9-16-18-13(11)8-10/h6-9,12,14,19H,1-5H2,(H,16,18)(H,17,20). The van der Waals surface area contributed by atoms with Crippen molar-refractivity contribution in [3.63, 3.8) is 0 Å². The van der Waals surface area contributed by atoms with Gasteiger partial charge in [0.2, 0.25) is 0 Å². The number of carbonyl (C=O) groups is 1. The Balaban J connectivity index is 1.74. The molecule has 2 atom stereocenters. The van der Waals surface area contributed by atoms with Crippen molar-refractivity contribution in [3.8, 4) is 0 Å². The lowest BCUT2D eigenvalue weighted by molar-refractivity contribution is 0.0819. The number of rotatable bonds is 2. The van der Waals surface area contributed by atoms with Crippen molar-refractivity contribution in [1.29, 1.82) is 0 Å². The maximum atomic E-state index is 12.3. The summed E-state index contributed by atoms with van der Waals surface area (Å²) in [6, 6.07) is 5.32. The molecule has 5 nitrogen and oxygen atoms in total. The Morgan fingerprint density at radius 1 is 1.30 bits per heavy atom. The lowest BCUT2D eigenvalue weighted by atomic mass is 10.1. The molecule has 1 fully saturated rings. The van der Waals surface area contributed by atoms with E-state index in [-0.39, 0.29) is 11.9 Å². The van der Waals surface area contributed by atoms with Crippen LogP contribution in [0.1, 0.15) is 42.5 Å². The van der Waals surface area contributed by atoms with Gasteiger partial charge in [0, 0.05) is 10.9 Å². The molecule has 0 spiro atoms. The molecule has 0 bridgehead atoms. The maximum absolute atomic E-state index is 12.3. The fourth-order valence-corrected chi connectivity index (χ4v) is 2.79. The van der Waals surface area contributed by atoms with Gasteiger partial charge in [-0.3, -0.25) is 9.89 Å². The van der Waals surface area contributed by atoms with Crippen LogP contribution < -0.4 is 5.32 Å². The number of hydrogen-bond donors (Lipinski definition) is 3. The first kappa shape index (κ1) is 13.1. The number of nitrogens with one attached hydrogen (secondary N) is 2. The van der Waals surface area contributed by atoms with Crippen LogP contribution in [-0.2, 0) is 0 Å². The number of aromatic amines is 1. The molecule has 20 heavy (non-hydrogen) atoms. The van der Waals surface area contributed by atoms with E-state index >= 15 is 0 Å². The number of fused-ring (bicyclic) bond motifs is 1. The minimum absolute atomic E-state index is 0.132. The van der Waals surface area contributed by atoms with Crippen molar-refractivity contribution in [2.24, 2.45) is 0 Å². The van der Waals surface area contributed by atoms with Crippen molar-refractivity contribution in [2.75, 3.05) is 0 Å². The van der Waals surface area contributed by atoms with Crippen molar-refractivity contribution in [3.05, 3.63) is 30.0 Å². The largest absolute Gasteiger partial charge is 0.391 e. The summed E-state index contributed by atoms with van der Waals surface area (Å²) < 4.78 is 0. The van der Waals surface area contributed by atoms with Gasteiger partial charge in [0.25, 0.3) is 5.91 Å². The van der Waals surface area contributed by atoms with E-state index in [2.05, 4.69) is 15.5 Å². The number of H-pyrrole nitrogens is 1. The van der Waals surface area contributed by atoms with Gasteiger partial charge in [0.1, 0.15) is 0 Å². The summed E-state index contributed by atoms with van der Waals surface area (Å²) >= 11 is 0. The Morgan fingerprint density at radius 3 is 3.05 bits per heavy atom. The third-order valence-corrected chi connectivity index (χ3v) is 4.00. The van der Waals surface area contributed by atoms with E-state index in [4.69, 9.17) is 0 Å². The lowest BCUT2D eigenvalue weighted by Gasteiger charge is -2.21. The second-order valence-electron chi connectivity index (χ2n) is 5.46. The number of nitrogens with zero attached hydrogens (tertiary/aromatic N) is 1. The number of amides is 1. The molecule has 1 aliphatic rings. The predicted molar refractivity (Wildman–Crippen MR) is 76.4 cm³/mol. The molecule has 1 aliphatic carbocycles. The first-order chi connectivity index (χ1) is 9.74. The van der Waals surface area contributed by atoms with Crippen LogP contribution in [0.4, 0.5) is 0 Å².